The topological polar surface area (TPSA) is 289 Å². The van der Waals surface area contributed by atoms with Crippen LogP contribution in [0.3, 0.4) is 0 Å². The van der Waals surface area contributed by atoms with Crippen LogP contribution in [0.15, 0.2) is 24.3 Å². The van der Waals surface area contributed by atoms with Crippen molar-refractivity contribution in [2.75, 3.05) is 19.6 Å². The number of rotatable bonds is 22. The molecule has 0 saturated carbocycles. The van der Waals surface area contributed by atoms with Crippen LogP contribution in [0, 0.1) is 0 Å². The molecule has 13 N–H and O–H groups in total. The highest BCUT2D eigenvalue weighted by Crippen LogP contribution is 2.13. The monoisotopic (exact) mass is 623 g/mol. The van der Waals surface area contributed by atoms with Crippen molar-refractivity contribution < 1.29 is 44.1 Å². The van der Waals surface area contributed by atoms with Crippen LogP contribution in [0.2, 0.25) is 0 Å². The van der Waals surface area contributed by atoms with Crippen LogP contribution in [0.1, 0.15) is 56.9 Å². The molecule has 0 aliphatic carbocycles. The molecule has 0 radical (unpaired) electrons. The highest BCUT2D eigenvalue weighted by Gasteiger charge is 2.31. The number of aliphatic carboxylic acids is 2. The highest BCUT2D eigenvalue weighted by molar-refractivity contribution is 5.95. The van der Waals surface area contributed by atoms with Gasteiger partial charge in [0.15, 0.2) is 0 Å². The first-order valence-electron chi connectivity index (χ1n) is 14.4. The Morgan fingerprint density at radius 1 is 0.636 bits per heavy atom. The van der Waals surface area contributed by atoms with Crippen molar-refractivity contribution in [2.24, 2.45) is 17.2 Å². The summed E-state index contributed by atoms with van der Waals surface area (Å²) in [5.41, 5.74) is 16.9. The SMILES string of the molecule is NCCCC[C@H](NC(=O)[C@H](Cc1ccc(O)cc1)NC(=O)[C@H](CCC(=O)O)NC(=O)[C@H](CCCCN)NC(=O)CN)C(=O)O. The first kappa shape index (κ1) is 37.7. The molecule has 0 aliphatic rings. The van der Waals surface area contributed by atoms with Crippen LogP contribution in [0.4, 0.5) is 0 Å². The van der Waals surface area contributed by atoms with Crippen molar-refractivity contribution in [3.8, 4) is 5.75 Å². The normalized spacial score (nSPS) is 13.5. The fourth-order valence-corrected chi connectivity index (χ4v) is 4.20. The molecule has 16 nitrogen and oxygen atoms in total. The van der Waals surface area contributed by atoms with Crippen molar-refractivity contribution in [1.29, 1.82) is 0 Å². The number of benzene rings is 1. The zero-order valence-electron chi connectivity index (χ0n) is 24.6. The summed E-state index contributed by atoms with van der Waals surface area (Å²) in [6.07, 6.45) is 1.28. The number of amides is 4. The number of unbranched alkanes of at least 4 members (excludes halogenated alkanes) is 2. The fourth-order valence-electron chi connectivity index (χ4n) is 4.20. The predicted octanol–water partition coefficient (Wildman–Crippen LogP) is -1.96. The van der Waals surface area contributed by atoms with E-state index in [-0.39, 0.29) is 38.0 Å². The molecule has 0 saturated heterocycles. The van der Waals surface area contributed by atoms with Crippen molar-refractivity contribution >= 4 is 35.6 Å². The number of nitrogens with one attached hydrogen (secondary N) is 4. The van der Waals surface area contributed by atoms with E-state index in [0.29, 0.717) is 44.3 Å². The minimum atomic E-state index is -1.43. The first-order valence-corrected chi connectivity index (χ1v) is 14.4. The third kappa shape index (κ3) is 14.8. The second kappa shape index (κ2) is 20.6. The minimum absolute atomic E-state index is 0.0381. The van der Waals surface area contributed by atoms with Gasteiger partial charge in [-0.1, -0.05) is 12.1 Å². The predicted molar refractivity (Wildman–Crippen MR) is 159 cm³/mol. The number of aromatic hydroxyl groups is 1. The molecule has 0 bridgehead atoms. The summed E-state index contributed by atoms with van der Waals surface area (Å²) in [7, 11) is 0. The van der Waals surface area contributed by atoms with E-state index in [2.05, 4.69) is 21.3 Å². The van der Waals surface area contributed by atoms with Crippen LogP contribution in [0.25, 0.3) is 0 Å². The maximum Gasteiger partial charge on any atom is 0.326 e. The Morgan fingerprint density at radius 2 is 1.11 bits per heavy atom. The van der Waals surface area contributed by atoms with Crippen molar-refractivity contribution in [1.82, 2.24) is 21.3 Å². The van der Waals surface area contributed by atoms with Gasteiger partial charge in [-0.25, -0.2) is 4.79 Å². The average molecular weight is 624 g/mol. The van der Waals surface area contributed by atoms with Gasteiger partial charge < -0.3 is 53.8 Å². The van der Waals surface area contributed by atoms with E-state index in [1.165, 1.54) is 24.3 Å². The third-order valence-electron chi connectivity index (χ3n) is 6.63. The van der Waals surface area contributed by atoms with Crippen LogP contribution >= 0.6 is 0 Å². The van der Waals surface area contributed by atoms with Gasteiger partial charge in [0.1, 0.15) is 29.9 Å². The lowest BCUT2D eigenvalue weighted by Gasteiger charge is -2.26. The van der Waals surface area contributed by atoms with Crippen LogP contribution in [0.5, 0.6) is 5.75 Å². The summed E-state index contributed by atoms with van der Waals surface area (Å²) in [5.74, 6) is -5.67. The van der Waals surface area contributed by atoms with Gasteiger partial charge in [0.05, 0.1) is 6.54 Å². The number of carboxylic acid groups (broad SMARTS) is 2. The minimum Gasteiger partial charge on any atom is -0.508 e. The average Bonchev–Trinajstić information content (AvgIpc) is 2.98. The van der Waals surface area contributed by atoms with E-state index in [1.54, 1.807) is 0 Å². The lowest BCUT2D eigenvalue weighted by Crippen LogP contribution is -2.58. The molecule has 0 heterocycles. The molecule has 4 atom stereocenters. The molecule has 1 aromatic rings. The van der Waals surface area contributed by atoms with Gasteiger partial charge >= 0.3 is 11.9 Å². The van der Waals surface area contributed by atoms with Gasteiger partial charge in [0, 0.05) is 12.8 Å². The van der Waals surface area contributed by atoms with Gasteiger partial charge in [-0.05, 0) is 75.7 Å². The Bertz CT molecular complexity index is 1100. The fraction of sp³-hybridized carbons (Fsp3) is 0.571. The second-order valence-electron chi connectivity index (χ2n) is 10.2. The molecular weight excluding hydrogens is 578 g/mol. The number of carbonyl (C=O) groups excluding carboxylic acids is 4. The molecule has 0 unspecified atom stereocenters. The van der Waals surface area contributed by atoms with Crippen molar-refractivity contribution in [3.05, 3.63) is 29.8 Å². The molecule has 0 aromatic heterocycles. The number of hydrogen-bond acceptors (Lipinski definition) is 10. The molecule has 1 rings (SSSR count). The summed E-state index contributed by atoms with van der Waals surface area (Å²) >= 11 is 0. The number of nitrogens with two attached hydrogens (primary N) is 3. The quantitative estimate of drug-likeness (QED) is 0.0630. The van der Waals surface area contributed by atoms with E-state index in [4.69, 9.17) is 17.2 Å². The molecule has 0 fully saturated rings. The maximum absolute atomic E-state index is 13.4. The van der Waals surface area contributed by atoms with Gasteiger partial charge in [0.25, 0.3) is 0 Å². The van der Waals surface area contributed by atoms with E-state index < -0.39 is 66.2 Å². The largest absolute Gasteiger partial charge is 0.508 e. The Balaban J connectivity index is 3.25. The van der Waals surface area contributed by atoms with E-state index in [9.17, 15) is 44.1 Å². The Labute approximate surface area is 255 Å². The van der Waals surface area contributed by atoms with Gasteiger partial charge in [-0.2, -0.15) is 0 Å². The zero-order valence-corrected chi connectivity index (χ0v) is 24.6. The molecule has 0 spiro atoms. The lowest BCUT2D eigenvalue weighted by atomic mass is 10.0. The summed E-state index contributed by atoms with van der Waals surface area (Å²) in [6, 6.07) is 0.631. The van der Waals surface area contributed by atoms with Gasteiger partial charge in [-0.3, -0.25) is 24.0 Å². The van der Waals surface area contributed by atoms with Crippen molar-refractivity contribution in [2.45, 2.75) is 82.0 Å². The second-order valence-corrected chi connectivity index (χ2v) is 10.2. The summed E-state index contributed by atoms with van der Waals surface area (Å²) in [4.78, 5) is 74.9. The molecule has 1 aromatic carbocycles. The first-order chi connectivity index (χ1) is 20.9. The van der Waals surface area contributed by atoms with E-state index in [0.717, 1.165) is 0 Å². The Hall–Kier alpha value is -4.28. The number of hydrogen-bond donors (Lipinski definition) is 10. The van der Waals surface area contributed by atoms with Crippen LogP contribution in [-0.4, -0.2) is 94.7 Å². The number of carboxylic acids is 2. The molecule has 0 aliphatic heterocycles. The van der Waals surface area contributed by atoms with Crippen LogP contribution < -0.4 is 38.5 Å². The van der Waals surface area contributed by atoms with E-state index in [1.807, 2.05) is 0 Å². The molecular formula is C28H45N7O9. The standard InChI is InChI=1S/C28H45N7O9/c29-13-3-1-5-19(32-23(37)16-31)25(40)33-20(11-12-24(38)39)26(41)35-22(15-17-7-9-18(36)10-8-17)27(42)34-21(28(43)44)6-2-4-14-30/h7-10,19-22,36H,1-6,11-16,29-31H2,(H,32,37)(H,33,40)(H,34,42)(H,35,41)(H,38,39)(H,43,44)/t19-,20-,21-,22-/m0/s1. The molecule has 16 heteroatoms. The smallest absolute Gasteiger partial charge is 0.326 e. The summed E-state index contributed by atoms with van der Waals surface area (Å²) in [5, 5.41) is 38.3. The third-order valence-corrected chi connectivity index (χ3v) is 6.63. The number of carbonyl (C=O) groups is 6. The molecule has 246 valence electrons. The van der Waals surface area contributed by atoms with E-state index >= 15 is 0 Å². The number of phenolic OH excluding ortho intramolecular Hbond substituents is 1. The van der Waals surface area contributed by atoms with Crippen LogP contribution in [-0.2, 0) is 35.2 Å². The highest BCUT2D eigenvalue weighted by atomic mass is 16.4. The maximum atomic E-state index is 13.4. The van der Waals surface area contributed by atoms with Crippen molar-refractivity contribution in [3.63, 3.8) is 0 Å². The lowest BCUT2D eigenvalue weighted by molar-refractivity contribution is -0.142. The Morgan fingerprint density at radius 3 is 1.61 bits per heavy atom. The molecule has 4 amide bonds. The Kier molecular flexibility index (Phi) is 17.7. The molecule has 44 heavy (non-hydrogen) atoms. The summed E-state index contributed by atoms with van der Waals surface area (Å²) in [6.45, 7) is 0.303. The zero-order chi connectivity index (χ0) is 33.1. The van der Waals surface area contributed by atoms with Gasteiger partial charge in [0.2, 0.25) is 23.6 Å². The summed E-state index contributed by atoms with van der Waals surface area (Å²) < 4.78 is 0. The number of phenols is 1. The van der Waals surface area contributed by atoms with Gasteiger partial charge in [-0.15, -0.1) is 0 Å².